The summed E-state index contributed by atoms with van der Waals surface area (Å²) in [5, 5.41) is 0. The summed E-state index contributed by atoms with van der Waals surface area (Å²) in [6, 6.07) is 5.79. The quantitative estimate of drug-likeness (QED) is 0.366. The largest absolute Gasteiger partial charge is 0.294 e. The molecule has 0 spiro atoms. The van der Waals surface area contributed by atoms with Crippen LogP contribution in [0.25, 0.3) is 0 Å². The molecule has 8 fully saturated rings. The van der Waals surface area contributed by atoms with E-state index in [1.807, 2.05) is 0 Å². The molecule has 0 aromatic rings. The van der Waals surface area contributed by atoms with E-state index in [-0.39, 0.29) is 0 Å². The van der Waals surface area contributed by atoms with Gasteiger partial charge in [-0.1, -0.05) is 77.0 Å². The second-order valence-corrected chi connectivity index (χ2v) is 16.1. The summed E-state index contributed by atoms with van der Waals surface area (Å²) in [6.07, 6.45) is 37.1. The van der Waals surface area contributed by atoms with Gasteiger partial charge >= 0.3 is 0 Å². The van der Waals surface area contributed by atoms with Crippen molar-refractivity contribution in [3.63, 3.8) is 0 Å². The number of hydrogen-bond donors (Lipinski definition) is 0. The lowest BCUT2D eigenvalue weighted by atomic mass is 9.61. The summed E-state index contributed by atoms with van der Waals surface area (Å²) in [4.78, 5) is 6.63. The number of fused-ring (bicyclic) bond motifs is 7. The summed E-state index contributed by atoms with van der Waals surface area (Å²) in [5.74, 6) is 6.44. The zero-order valence-electron chi connectivity index (χ0n) is 24.8. The first-order valence-electron chi connectivity index (χ1n) is 18.4. The molecule has 8 atom stereocenters. The van der Waals surface area contributed by atoms with Crippen molar-refractivity contribution in [1.29, 1.82) is 0 Å². The predicted octanol–water partition coefficient (Wildman–Crippen LogP) is 8.97. The van der Waals surface area contributed by atoms with Crippen LogP contribution < -0.4 is 0 Å². The minimum Gasteiger partial charge on any atom is -0.294 e. The van der Waals surface area contributed by atoms with Crippen molar-refractivity contribution >= 4 is 0 Å². The van der Waals surface area contributed by atoms with E-state index in [1.165, 1.54) is 64.2 Å². The highest BCUT2D eigenvalue weighted by molar-refractivity contribution is 5.16. The summed E-state index contributed by atoms with van der Waals surface area (Å²) in [5.41, 5.74) is 0. The molecule has 6 aliphatic carbocycles. The van der Waals surface area contributed by atoms with Crippen LogP contribution in [-0.4, -0.2) is 46.1 Å². The maximum absolute atomic E-state index is 3.34. The average molecular weight is 521 g/mol. The molecule has 8 aliphatic rings. The molecule has 214 valence electrons. The van der Waals surface area contributed by atoms with E-state index in [9.17, 15) is 0 Å². The van der Waals surface area contributed by atoms with Crippen LogP contribution in [0.15, 0.2) is 0 Å². The Morgan fingerprint density at radius 2 is 0.711 bits per heavy atom. The maximum Gasteiger partial charge on any atom is 0.0137 e. The van der Waals surface area contributed by atoms with Gasteiger partial charge in [-0.15, -0.1) is 0 Å². The van der Waals surface area contributed by atoms with E-state index in [2.05, 4.69) is 9.80 Å². The van der Waals surface area contributed by atoms with Gasteiger partial charge < -0.3 is 0 Å². The van der Waals surface area contributed by atoms with Crippen molar-refractivity contribution < 1.29 is 0 Å². The first kappa shape index (κ1) is 25.6. The molecule has 2 saturated heterocycles. The Balaban J connectivity index is 1.05. The van der Waals surface area contributed by atoms with Crippen molar-refractivity contribution in [2.45, 2.75) is 190 Å². The van der Waals surface area contributed by atoms with Crippen LogP contribution in [0.4, 0.5) is 0 Å². The lowest BCUT2D eigenvalue weighted by molar-refractivity contribution is 0.0140. The average Bonchev–Trinajstić information content (AvgIpc) is 3.51. The Hall–Kier alpha value is -0.0800. The Morgan fingerprint density at radius 3 is 1.26 bits per heavy atom. The van der Waals surface area contributed by atoms with Gasteiger partial charge in [0.1, 0.15) is 0 Å². The summed E-state index contributed by atoms with van der Waals surface area (Å²) in [7, 11) is 0. The fourth-order valence-electron chi connectivity index (χ4n) is 13.4. The van der Waals surface area contributed by atoms with Gasteiger partial charge in [0.05, 0.1) is 0 Å². The highest BCUT2D eigenvalue weighted by Crippen LogP contribution is 2.61. The number of nitrogens with zero attached hydrogens (tertiary/aromatic N) is 2. The van der Waals surface area contributed by atoms with Gasteiger partial charge in [-0.25, -0.2) is 0 Å². The van der Waals surface area contributed by atoms with Crippen LogP contribution in [0.1, 0.15) is 154 Å². The third-order valence-corrected chi connectivity index (χ3v) is 14.7. The molecule has 0 amide bonds. The first-order chi connectivity index (χ1) is 18.9. The number of likely N-dealkylation sites (tertiary alicyclic amines) is 2. The minimum atomic E-state index is 0.949. The molecule has 2 heterocycles. The maximum atomic E-state index is 3.34. The third-order valence-electron chi connectivity index (χ3n) is 14.7. The lowest BCUT2D eigenvalue weighted by Gasteiger charge is -2.48. The SMILES string of the molecule is C1CCC(C2CCC(N3C4CCCCC4C4C5C6CCCCC6N(C6CCCCC6)C5CCC43)CC2)CC1. The van der Waals surface area contributed by atoms with Gasteiger partial charge in [0.2, 0.25) is 0 Å². The summed E-state index contributed by atoms with van der Waals surface area (Å²) in [6.45, 7) is 0. The van der Waals surface area contributed by atoms with E-state index in [4.69, 9.17) is 0 Å². The Kier molecular flexibility index (Phi) is 7.39. The zero-order valence-corrected chi connectivity index (χ0v) is 24.8. The topological polar surface area (TPSA) is 6.48 Å². The smallest absolute Gasteiger partial charge is 0.0137 e. The molecular weight excluding hydrogens is 460 g/mol. The van der Waals surface area contributed by atoms with Crippen LogP contribution in [0.3, 0.4) is 0 Å². The van der Waals surface area contributed by atoms with Crippen LogP contribution in [-0.2, 0) is 0 Å². The molecule has 2 heteroatoms. The fraction of sp³-hybridized carbons (Fsp3) is 1.00. The molecular formula is C36H60N2. The normalized spacial score (nSPS) is 49.3. The van der Waals surface area contributed by atoms with Gasteiger partial charge in [0.15, 0.2) is 0 Å². The highest BCUT2D eigenvalue weighted by atomic mass is 15.3. The van der Waals surface area contributed by atoms with E-state index in [0.717, 1.165) is 71.8 Å². The monoisotopic (exact) mass is 520 g/mol. The Bertz CT molecular complexity index is 789. The van der Waals surface area contributed by atoms with Gasteiger partial charge in [0.25, 0.3) is 0 Å². The van der Waals surface area contributed by atoms with Gasteiger partial charge in [-0.05, 0) is 113 Å². The molecule has 0 radical (unpaired) electrons. The van der Waals surface area contributed by atoms with Crippen LogP contribution in [0.2, 0.25) is 0 Å². The van der Waals surface area contributed by atoms with Gasteiger partial charge in [-0.3, -0.25) is 9.80 Å². The predicted molar refractivity (Wildman–Crippen MR) is 158 cm³/mol. The van der Waals surface area contributed by atoms with E-state index < -0.39 is 0 Å². The fourth-order valence-corrected chi connectivity index (χ4v) is 13.4. The van der Waals surface area contributed by atoms with Crippen LogP contribution >= 0.6 is 0 Å². The molecule has 0 aromatic carbocycles. The Morgan fingerprint density at radius 1 is 0.289 bits per heavy atom. The summed E-state index contributed by atoms with van der Waals surface area (Å²) < 4.78 is 0. The van der Waals surface area contributed by atoms with Gasteiger partial charge in [0, 0.05) is 36.3 Å². The van der Waals surface area contributed by atoms with Crippen molar-refractivity contribution in [2.24, 2.45) is 35.5 Å². The summed E-state index contributed by atoms with van der Waals surface area (Å²) >= 11 is 0. The second kappa shape index (κ2) is 11.0. The number of hydrogen-bond acceptors (Lipinski definition) is 2. The highest BCUT2D eigenvalue weighted by Gasteiger charge is 2.63. The standard InChI is InChI=1S/C36H60N2/c1-3-11-25(12-4-1)26-19-21-28(22-20-26)38-32-18-10-8-16-30(32)36-34(38)24-23-33-35(36)29-15-7-9-17-31(29)37(33)27-13-5-2-6-14-27/h25-36H,1-24H2. The molecule has 6 saturated carbocycles. The van der Waals surface area contributed by atoms with Crippen molar-refractivity contribution in [3.8, 4) is 0 Å². The molecule has 0 N–H and O–H groups in total. The lowest BCUT2D eigenvalue weighted by Crippen LogP contribution is -2.53. The van der Waals surface area contributed by atoms with Crippen LogP contribution in [0, 0.1) is 35.5 Å². The molecule has 38 heavy (non-hydrogen) atoms. The molecule has 2 aliphatic heterocycles. The molecule has 0 bridgehead atoms. The van der Waals surface area contributed by atoms with Gasteiger partial charge in [-0.2, -0.15) is 0 Å². The third kappa shape index (κ3) is 4.30. The zero-order chi connectivity index (χ0) is 25.1. The van der Waals surface area contributed by atoms with Crippen molar-refractivity contribution in [3.05, 3.63) is 0 Å². The van der Waals surface area contributed by atoms with Crippen molar-refractivity contribution in [1.82, 2.24) is 9.80 Å². The van der Waals surface area contributed by atoms with E-state index in [0.29, 0.717) is 0 Å². The molecule has 8 rings (SSSR count). The van der Waals surface area contributed by atoms with E-state index >= 15 is 0 Å². The molecule has 2 nitrogen and oxygen atoms in total. The van der Waals surface area contributed by atoms with Crippen LogP contribution in [0.5, 0.6) is 0 Å². The Labute approximate surface area is 235 Å². The van der Waals surface area contributed by atoms with E-state index in [1.54, 1.807) is 89.9 Å². The number of rotatable bonds is 3. The van der Waals surface area contributed by atoms with Crippen molar-refractivity contribution in [2.75, 3.05) is 0 Å². The second-order valence-electron chi connectivity index (χ2n) is 16.1. The first-order valence-corrected chi connectivity index (χ1v) is 18.4. The minimum absolute atomic E-state index is 0.949. The molecule has 0 aromatic heterocycles. The molecule has 8 unspecified atom stereocenters.